The van der Waals surface area contributed by atoms with E-state index in [0.717, 1.165) is 0 Å². The molecule has 0 unspecified atom stereocenters. The van der Waals surface area contributed by atoms with E-state index in [1.807, 2.05) is 0 Å². The van der Waals surface area contributed by atoms with E-state index >= 15 is 0 Å². The summed E-state index contributed by atoms with van der Waals surface area (Å²) in [6, 6.07) is 6.13. The number of benzene rings is 1. The fourth-order valence-electron chi connectivity index (χ4n) is 1.81. The van der Waals surface area contributed by atoms with Crippen LogP contribution in [-0.2, 0) is 0 Å². The lowest BCUT2D eigenvalue weighted by Gasteiger charge is -2.19. The molecule has 0 bridgehead atoms. The summed E-state index contributed by atoms with van der Waals surface area (Å²) in [5.41, 5.74) is 6.87. The number of aromatic nitrogens is 1. The second kappa shape index (κ2) is 5.48. The van der Waals surface area contributed by atoms with Crippen molar-refractivity contribution in [1.29, 1.82) is 0 Å². The predicted octanol–water partition coefficient (Wildman–Crippen LogP) is 1.65. The lowest BCUT2D eigenvalue weighted by atomic mass is 10.1. The monoisotopic (exact) mass is 273 g/mol. The Labute approximate surface area is 116 Å². The van der Waals surface area contributed by atoms with Crippen LogP contribution in [0.1, 0.15) is 10.4 Å². The van der Waals surface area contributed by atoms with Gasteiger partial charge in [-0.15, -0.1) is 0 Å². The molecule has 3 N–H and O–H groups in total. The van der Waals surface area contributed by atoms with Crippen molar-refractivity contribution in [2.75, 3.05) is 24.8 Å². The first kappa shape index (κ1) is 13.7. The molecule has 6 heteroatoms. The van der Waals surface area contributed by atoms with Crippen molar-refractivity contribution in [2.45, 2.75) is 0 Å². The second-order valence-electron chi connectivity index (χ2n) is 4.18. The standard InChI is InChI=1S/C14H15N3O3/c1-17(12-5-6-16-8-11(12)15)14(19)10-4-3-9(20-2)7-13(10)18/h3-8,18H,15H2,1-2H3. The SMILES string of the molecule is COc1ccc(C(=O)N(C)c2ccncc2N)c(O)c1. The zero-order chi connectivity index (χ0) is 14.7. The summed E-state index contributed by atoms with van der Waals surface area (Å²) in [6.45, 7) is 0. The third-order valence-electron chi connectivity index (χ3n) is 2.93. The van der Waals surface area contributed by atoms with Crippen LogP contribution in [0.4, 0.5) is 11.4 Å². The van der Waals surface area contributed by atoms with Crippen LogP contribution in [0.5, 0.6) is 11.5 Å². The van der Waals surface area contributed by atoms with Crippen molar-refractivity contribution < 1.29 is 14.6 Å². The fraction of sp³-hybridized carbons (Fsp3) is 0.143. The van der Waals surface area contributed by atoms with Gasteiger partial charge in [0.05, 0.1) is 30.2 Å². The number of carbonyl (C=O) groups excluding carboxylic acids is 1. The van der Waals surface area contributed by atoms with Crippen molar-refractivity contribution in [3.05, 3.63) is 42.2 Å². The molecule has 20 heavy (non-hydrogen) atoms. The number of phenols is 1. The van der Waals surface area contributed by atoms with E-state index in [1.165, 1.54) is 30.3 Å². The van der Waals surface area contributed by atoms with Crippen molar-refractivity contribution in [2.24, 2.45) is 0 Å². The number of rotatable bonds is 3. The van der Waals surface area contributed by atoms with Gasteiger partial charge in [-0.05, 0) is 18.2 Å². The van der Waals surface area contributed by atoms with E-state index in [0.29, 0.717) is 17.1 Å². The summed E-state index contributed by atoms with van der Waals surface area (Å²) in [4.78, 5) is 17.6. The van der Waals surface area contributed by atoms with E-state index in [2.05, 4.69) is 4.98 Å². The Hall–Kier alpha value is -2.76. The zero-order valence-electron chi connectivity index (χ0n) is 11.2. The quantitative estimate of drug-likeness (QED) is 0.887. The maximum atomic E-state index is 12.4. The largest absolute Gasteiger partial charge is 0.507 e. The molecular formula is C14H15N3O3. The Morgan fingerprint density at radius 1 is 1.40 bits per heavy atom. The highest BCUT2D eigenvalue weighted by Crippen LogP contribution is 2.27. The molecule has 0 saturated carbocycles. The average molecular weight is 273 g/mol. The van der Waals surface area contributed by atoms with Gasteiger partial charge in [0.2, 0.25) is 0 Å². The van der Waals surface area contributed by atoms with Crippen LogP contribution in [0.15, 0.2) is 36.7 Å². The third kappa shape index (κ3) is 2.49. The van der Waals surface area contributed by atoms with Crippen molar-refractivity contribution in [1.82, 2.24) is 4.98 Å². The molecule has 0 aliphatic rings. The summed E-state index contributed by atoms with van der Waals surface area (Å²) >= 11 is 0. The second-order valence-corrected chi connectivity index (χ2v) is 4.18. The number of phenolic OH excluding ortho intramolecular Hbond substituents is 1. The topological polar surface area (TPSA) is 88.7 Å². The molecule has 0 aliphatic heterocycles. The summed E-state index contributed by atoms with van der Waals surface area (Å²) in [6.07, 6.45) is 3.01. The fourth-order valence-corrected chi connectivity index (χ4v) is 1.81. The molecule has 1 heterocycles. The summed E-state index contributed by atoms with van der Waals surface area (Å²) in [7, 11) is 3.07. The van der Waals surface area contributed by atoms with Gasteiger partial charge in [0.15, 0.2) is 0 Å². The van der Waals surface area contributed by atoms with Gasteiger partial charge in [-0.3, -0.25) is 9.78 Å². The lowest BCUT2D eigenvalue weighted by Crippen LogP contribution is -2.27. The molecule has 2 aromatic rings. The molecule has 0 saturated heterocycles. The molecule has 1 aromatic carbocycles. The number of carbonyl (C=O) groups is 1. The minimum Gasteiger partial charge on any atom is -0.507 e. The highest BCUT2D eigenvalue weighted by Gasteiger charge is 2.19. The first-order valence-corrected chi connectivity index (χ1v) is 5.89. The van der Waals surface area contributed by atoms with Crippen molar-refractivity contribution >= 4 is 17.3 Å². The summed E-state index contributed by atoms with van der Waals surface area (Å²) in [5, 5.41) is 9.89. The van der Waals surface area contributed by atoms with Crippen molar-refractivity contribution in [3.63, 3.8) is 0 Å². The number of hydrogen-bond acceptors (Lipinski definition) is 5. The number of amides is 1. The first-order chi connectivity index (χ1) is 9.54. The van der Waals surface area contributed by atoms with Gasteiger partial charge in [0.25, 0.3) is 5.91 Å². The predicted molar refractivity (Wildman–Crippen MR) is 76.0 cm³/mol. The van der Waals surface area contributed by atoms with Crippen LogP contribution in [-0.4, -0.2) is 30.2 Å². The lowest BCUT2D eigenvalue weighted by molar-refractivity contribution is 0.0990. The Morgan fingerprint density at radius 3 is 2.75 bits per heavy atom. The molecule has 1 aromatic heterocycles. The van der Waals surface area contributed by atoms with Gasteiger partial charge in [-0.25, -0.2) is 0 Å². The van der Waals surface area contributed by atoms with Gasteiger partial charge in [-0.2, -0.15) is 0 Å². The average Bonchev–Trinajstić information content (AvgIpc) is 2.46. The van der Waals surface area contributed by atoms with Crippen LogP contribution in [0.25, 0.3) is 0 Å². The minimum atomic E-state index is -0.372. The number of hydrogen-bond donors (Lipinski definition) is 2. The number of pyridine rings is 1. The maximum absolute atomic E-state index is 12.4. The van der Waals surface area contributed by atoms with E-state index in [-0.39, 0.29) is 17.2 Å². The Balaban J connectivity index is 2.34. The molecule has 0 radical (unpaired) electrons. The molecule has 6 nitrogen and oxygen atoms in total. The van der Waals surface area contributed by atoms with E-state index < -0.39 is 0 Å². The van der Waals surface area contributed by atoms with Crippen LogP contribution in [0.2, 0.25) is 0 Å². The number of nitrogen functional groups attached to an aromatic ring is 1. The smallest absolute Gasteiger partial charge is 0.261 e. The van der Waals surface area contributed by atoms with Crippen LogP contribution < -0.4 is 15.4 Å². The van der Waals surface area contributed by atoms with Gasteiger partial charge in [0.1, 0.15) is 11.5 Å². The zero-order valence-corrected chi connectivity index (χ0v) is 11.2. The van der Waals surface area contributed by atoms with Crippen LogP contribution in [0, 0.1) is 0 Å². The molecule has 1 amide bonds. The van der Waals surface area contributed by atoms with Crippen LogP contribution >= 0.6 is 0 Å². The highest BCUT2D eigenvalue weighted by atomic mass is 16.5. The number of anilines is 2. The third-order valence-corrected chi connectivity index (χ3v) is 2.93. The van der Waals surface area contributed by atoms with Gasteiger partial charge < -0.3 is 20.5 Å². The number of nitrogens with zero attached hydrogens (tertiary/aromatic N) is 2. The Kier molecular flexibility index (Phi) is 3.74. The first-order valence-electron chi connectivity index (χ1n) is 5.89. The molecule has 0 fully saturated rings. The number of aromatic hydroxyl groups is 1. The molecule has 104 valence electrons. The Bertz CT molecular complexity index is 643. The van der Waals surface area contributed by atoms with Crippen molar-refractivity contribution in [3.8, 4) is 11.5 Å². The normalized spacial score (nSPS) is 10.1. The molecule has 0 atom stereocenters. The number of nitrogens with two attached hydrogens (primary N) is 1. The maximum Gasteiger partial charge on any atom is 0.261 e. The molecule has 0 spiro atoms. The molecular weight excluding hydrogens is 258 g/mol. The summed E-state index contributed by atoms with van der Waals surface area (Å²) < 4.78 is 4.98. The number of ether oxygens (including phenoxy) is 1. The van der Waals surface area contributed by atoms with Gasteiger partial charge in [0, 0.05) is 19.3 Å². The van der Waals surface area contributed by atoms with E-state index in [1.54, 1.807) is 25.4 Å². The van der Waals surface area contributed by atoms with Gasteiger partial charge >= 0.3 is 0 Å². The molecule has 2 rings (SSSR count). The van der Waals surface area contributed by atoms with E-state index in [4.69, 9.17) is 10.5 Å². The molecule has 0 aliphatic carbocycles. The number of methoxy groups -OCH3 is 1. The van der Waals surface area contributed by atoms with Crippen LogP contribution in [0.3, 0.4) is 0 Å². The van der Waals surface area contributed by atoms with Gasteiger partial charge in [-0.1, -0.05) is 0 Å². The summed E-state index contributed by atoms with van der Waals surface area (Å²) in [5.74, 6) is -0.0398. The Morgan fingerprint density at radius 2 is 2.15 bits per heavy atom. The van der Waals surface area contributed by atoms with E-state index in [9.17, 15) is 9.90 Å². The highest BCUT2D eigenvalue weighted by molar-refractivity contribution is 6.08. The minimum absolute atomic E-state index is 0.145.